The molecule has 4 aromatic rings. The number of rotatable bonds is 17. The van der Waals surface area contributed by atoms with Crippen LogP contribution in [-0.2, 0) is 73.8 Å². The quantitative estimate of drug-likeness (QED) is 0.0632. The van der Waals surface area contributed by atoms with Crippen LogP contribution in [0.2, 0.25) is 0 Å². The van der Waals surface area contributed by atoms with E-state index in [1.165, 1.54) is 0 Å². The highest BCUT2D eigenvalue weighted by molar-refractivity contribution is 5.69. The van der Waals surface area contributed by atoms with Crippen molar-refractivity contribution in [1.82, 2.24) is 21.3 Å². The zero-order valence-electron chi connectivity index (χ0n) is 42.4. The lowest BCUT2D eigenvalue weighted by atomic mass is 9.83. The summed E-state index contributed by atoms with van der Waals surface area (Å²) in [4.78, 5) is 54.5. The molecule has 4 aromatic carbocycles. The number of alkyl halides is 1. The molecule has 5 fully saturated rings. The summed E-state index contributed by atoms with van der Waals surface area (Å²) in [5.41, 5.74) is 2.82. The maximum atomic E-state index is 14.5. The van der Waals surface area contributed by atoms with Gasteiger partial charge in [0.2, 0.25) is 0 Å². The van der Waals surface area contributed by atoms with E-state index in [0.717, 1.165) is 30.4 Å². The molecule has 20 nitrogen and oxygen atoms in total. The first-order valence-electron chi connectivity index (χ1n) is 26.3. The number of hydrogen-bond acceptors (Lipinski definition) is 16. The minimum atomic E-state index is -1.86. The number of carbonyl (C=O) groups is 4. The highest BCUT2D eigenvalue weighted by Gasteiger charge is 2.57. The van der Waals surface area contributed by atoms with Crippen molar-refractivity contribution in [3.05, 3.63) is 144 Å². The van der Waals surface area contributed by atoms with E-state index < -0.39 is 116 Å². The van der Waals surface area contributed by atoms with Crippen LogP contribution in [-0.4, -0.2) is 133 Å². The summed E-state index contributed by atoms with van der Waals surface area (Å²) in [7, 11) is 0. The van der Waals surface area contributed by atoms with E-state index in [4.69, 9.17) is 47.4 Å². The van der Waals surface area contributed by atoms with E-state index in [1.54, 1.807) is 84.9 Å². The monoisotopic (exact) mass is 1070 g/mol. The number of hydrogen-bond donors (Lipinski definition) is 6. The SMILES string of the molecule is O=C(N[C@@H]1[C@@H](O)[C@@H](O[C@@H]2[C@@H](O)[C@H](O[C@H]3O[C@H](CF)CC[C@H]3NC(=O)OCc3ccccc3)[C@@H](NC(=O)OCc3ccccc3)C[C@H]2NC(=O)OCc2ccccc2)O[C@@H]2COC3(CCCCC3)O[C@@H]12)OCc1ccccc1. The third-order valence-corrected chi connectivity index (χ3v) is 14.4. The summed E-state index contributed by atoms with van der Waals surface area (Å²) in [5.74, 6) is -0.985. The number of halogens is 1. The largest absolute Gasteiger partial charge is 0.445 e. The molecule has 77 heavy (non-hydrogen) atoms. The van der Waals surface area contributed by atoms with Gasteiger partial charge < -0.3 is 78.8 Å². The molecule has 0 unspecified atom stereocenters. The normalized spacial score (nSPS) is 29.6. The molecule has 4 amide bonds. The van der Waals surface area contributed by atoms with Gasteiger partial charge in [-0.25, -0.2) is 23.6 Å². The maximum absolute atomic E-state index is 14.5. The van der Waals surface area contributed by atoms with Crippen molar-refractivity contribution in [2.24, 2.45) is 0 Å². The number of alkyl carbamates (subject to hydrolysis) is 4. The van der Waals surface area contributed by atoms with Crippen molar-refractivity contribution in [1.29, 1.82) is 0 Å². The van der Waals surface area contributed by atoms with Crippen molar-refractivity contribution < 1.29 is 81.2 Å². The van der Waals surface area contributed by atoms with E-state index in [1.807, 2.05) is 36.4 Å². The summed E-state index contributed by atoms with van der Waals surface area (Å²) in [6.07, 6.45) is -12.3. The Morgan fingerprint density at radius 1 is 0.545 bits per heavy atom. The lowest BCUT2D eigenvalue weighted by Crippen LogP contribution is -2.72. The zero-order valence-corrected chi connectivity index (χ0v) is 42.4. The molecule has 21 heteroatoms. The number of carbonyl (C=O) groups excluding carboxylic acids is 4. The van der Waals surface area contributed by atoms with Crippen molar-refractivity contribution >= 4 is 24.4 Å². The van der Waals surface area contributed by atoms with Gasteiger partial charge >= 0.3 is 24.4 Å². The summed E-state index contributed by atoms with van der Waals surface area (Å²) >= 11 is 0. The fourth-order valence-corrected chi connectivity index (χ4v) is 10.4. The molecule has 2 saturated carbocycles. The van der Waals surface area contributed by atoms with E-state index in [-0.39, 0.29) is 52.3 Å². The second-order valence-corrected chi connectivity index (χ2v) is 19.9. The molecule has 3 saturated heterocycles. The van der Waals surface area contributed by atoms with Crippen LogP contribution in [0.1, 0.15) is 73.6 Å². The molecule has 414 valence electrons. The lowest BCUT2D eigenvalue weighted by Gasteiger charge is -2.53. The number of fused-ring (bicyclic) bond motifs is 1. The maximum Gasteiger partial charge on any atom is 0.407 e. The molecule has 5 aliphatic rings. The molecule has 0 aromatic heterocycles. The van der Waals surface area contributed by atoms with Crippen LogP contribution in [0.15, 0.2) is 121 Å². The first-order chi connectivity index (χ1) is 37.5. The minimum absolute atomic E-state index is 0.0189. The molecular weight excluding hydrogens is 1000 g/mol. The molecule has 6 N–H and O–H groups in total. The van der Waals surface area contributed by atoms with Crippen LogP contribution in [0.25, 0.3) is 0 Å². The van der Waals surface area contributed by atoms with E-state index in [0.29, 0.717) is 24.0 Å². The molecule has 0 radical (unpaired) electrons. The lowest BCUT2D eigenvalue weighted by molar-refractivity contribution is -0.389. The van der Waals surface area contributed by atoms with Crippen molar-refractivity contribution in [2.45, 2.75) is 163 Å². The summed E-state index contributed by atoms with van der Waals surface area (Å²) in [6.45, 7) is -1.32. The Morgan fingerprint density at radius 3 is 1.45 bits per heavy atom. The predicted octanol–water partition coefficient (Wildman–Crippen LogP) is 6.34. The summed E-state index contributed by atoms with van der Waals surface area (Å²) in [5, 5.41) is 36.3. The van der Waals surface area contributed by atoms with Crippen molar-refractivity contribution in [3.63, 3.8) is 0 Å². The van der Waals surface area contributed by atoms with Crippen molar-refractivity contribution in [2.75, 3.05) is 13.3 Å². The molecule has 1 spiro atoms. The zero-order chi connectivity index (χ0) is 53.6. The molecule has 3 aliphatic heterocycles. The second-order valence-electron chi connectivity index (χ2n) is 19.9. The van der Waals surface area contributed by atoms with E-state index in [9.17, 15) is 33.8 Å². The highest BCUT2D eigenvalue weighted by atomic mass is 19.1. The number of aliphatic hydroxyl groups is 2. The van der Waals surface area contributed by atoms with Crippen LogP contribution in [0.5, 0.6) is 0 Å². The fourth-order valence-electron chi connectivity index (χ4n) is 10.4. The van der Waals surface area contributed by atoms with Crippen LogP contribution in [0, 0.1) is 0 Å². The Hall–Kier alpha value is -6.43. The summed E-state index contributed by atoms with van der Waals surface area (Å²) < 4.78 is 75.6. The Labute approximate surface area is 445 Å². The Bertz CT molecular complexity index is 2500. The van der Waals surface area contributed by atoms with Gasteiger partial charge in [0.25, 0.3) is 0 Å². The van der Waals surface area contributed by atoms with Crippen LogP contribution >= 0.6 is 0 Å². The van der Waals surface area contributed by atoms with Crippen LogP contribution in [0.4, 0.5) is 23.6 Å². The van der Waals surface area contributed by atoms with Crippen LogP contribution < -0.4 is 21.3 Å². The second kappa shape index (κ2) is 26.8. The fraction of sp³-hybridized carbons (Fsp3) is 0.500. The Kier molecular flexibility index (Phi) is 19.2. The van der Waals surface area contributed by atoms with Gasteiger partial charge in [0.05, 0.1) is 36.9 Å². The highest BCUT2D eigenvalue weighted by Crippen LogP contribution is 2.42. The smallest absolute Gasteiger partial charge is 0.407 e. The first-order valence-corrected chi connectivity index (χ1v) is 26.3. The van der Waals surface area contributed by atoms with Crippen LogP contribution in [0.3, 0.4) is 0 Å². The molecule has 3 heterocycles. The standard InChI is InChI=1S/C56H67FN4O16/c57-29-39-24-25-40(58-52(64)68-30-35-16-6-1-7-17-35)50(73-39)75-47-41(59-53(65)69-31-36-18-8-2-9-19-36)28-42(60-54(66)70-32-37-20-10-3-11-21-37)48(46(47)63)76-51-45(62)44(61-55(67)71-33-38-22-12-4-13-23-38)49-43(74-51)34-72-56(77-49)26-14-5-15-27-56/h1-4,6-13,16-23,39-51,62-63H,5,14-15,24-34H2,(H,58,64)(H,59,65)(H,60,66)(H,61,67)/t39-,40+,41-,42+,43+,44+,45+,46-,47+,48-,49+,50+,51+/m0/s1. The third kappa shape index (κ3) is 15.0. The van der Waals surface area contributed by atoms with Gasteiger partial charge in [-0.3, -0.25) is 0 Å². The van der Waals surface area contributed by atoms with E-state index >= 15 is 0 Å². The van der Waals surface area contributed by atoms with Gasteiger partial charge in [-0.2, -0.15) is 0 Å². The molecular formula is C56H67FN4O16. The number of ether oxygens (including phenoxy) is 10. The number of aliphatic hydroxyl groups excluding tert-OH is 2. The number of amides is 4. The first kappa shape index (κ1) is 55.3. The topological polar surface area (TPSA) is 249 Å². The Morgan fingerprint density at radius 2 is 0.987 bits per heavy atom. The third-order valence-electron chi connectivity index (χ3n) is 14.4. The summed E-state index contributed by atoms with van der Waals surface area (Å²) in [6, 6.07) is 31.2. The Balaban J connectivity index is 1.00. The van der Waals surface area contributed by atoms with Gasteiger partial charge in [-0.1, -0.05) is 128 Å². The van der Waals surface area contributed by atoms with Gasteiger partial charge in [0.15, 0.2) is 18.4 Å². The van der Waals surface area contributed by atoms with Gasteiger partial charge in [0, 0.05) is 12.8 Å². The molecule has 0 bridgehead atoms. The molecule has 9 rings (SSSR count). The predicted molar refractivity (Wildman–Crippen MR) is 270 cm³/mol. The number of nitrogens with one attached hydrogen (secondary N) is 4. The van der Waals surface area contributed by atoms with Crippen molar-refractivity contribution in [3.8, 4) is 0 Å². The van der Waals surface area contributed by atoms with E-state index in [2.05, 4.69) is 21.3 Å². The van der Waals surface area contributed by atoms with Gasteiger partial charge in [-0.05, 0) is 54.4 Å². The minimum Gasteiger partial charge on any atom is -0.445 e. The van der Waals surface area contributed by atoms with Gasteiger partial charge in [0.1, 0.15) is 69.7 Å². The number of benzene rings is 4. The average molecular weight is 1070 g/mol. The molecule has 2 aliphatic carbocycles. The average Bonchev–Trinajstić information content (AvgIpc) is 3.50. The molecule has 13 atom stereocenters. The van der Waals surface area contributed by atoms with Gasteiger partial charge in [-0.15, -0.1) is 0 Å².